The molecule has 1 saturated carbocycles. The molecule has 3 aromatic rings. The molecule has 2 amide bonds. The average Bonchev–Trinajstić information content (AvgIpc) is 3.59. The first kappa shape index (κ1) is 30.8. The molecule has 16 heteroatoms. The summed E-state index contributed by atoms with van der Waals surface area (Å²) in [7, 11) is 1.67. The van der Waals surface area contributed by atoms with Gasteiger partial charge in [0.25, 0.3) is 11.7 Å². The quantitative estimate of drug-likeness (QED) is 0.317. The Hall–Kier alpha value is -3.69. The number of aryl methyl sites for hydroxylation is 1. The van der Waals surface area contributed by atoms with Crippen LogP contribution in [0.25, 0.3) is 5.78 Å². The van der Waals surface area contributed by atoms with E-state index in [-0.39, 0.29) is 56.8 Å². The summed E-state index contributed by atoms with van der Waals surface area (Å²) in [5, 5.41) is 17.0. The third-order valence-corrected chi connectivity index (χ3v) is 8.28. The Morgan fingerprint density at radius 2 is 1.95 bits per heavy atom. The van der Waals surface area contributed by atoms with Crippen molar-refractivity contribution in [2.24, 2.45) is 17.8 Å². The Morgan fingerprint density at radius 1 is 1.21 bits per heavy atom. The molecule has 1 saturated heterocycles. The average molecular weight is 612 g/mol. The van der Waals surface area contributed by atoms with Gasteiger partial charge >= 0.3 is 6.18 Å². The highest BCUT2D eigenvalue weighted by atomic mass is 19.4. The summed E-state index contributed by atoms with van der Waals surface area (Å²) in [6.07, 6.45) is -2.14. The molecular formula is C27H34F5N9O2. The van der Waals surface area contributed by atoms with Crippen LogP contribution in [0.15, 0.2) is 18.5 Å². The number of piperidine rings is 1. The minimum Gasteiger partial charge on any atom is -0.355 e. The number of alkyl halides is 5. The number of hydrogen-bond donors (Lipinski definition) is 3. The lowest BCUT2D eigenvalue weighted by Gasteiger charge is -2.33. The van der Waals surface area contributed by atoms with Gasteiger partial charge in [-0.15, -0.1) is 0 Å². The zero-order chi connectivity index (χ0) is 30.9. The van der Waals surface area contributed by atoms with Crippen molar-refractivity contribution in [1.29, 1.82) is 0 Å². The Balaban J connectivity index is 1.47. The summed E-state index contributed by atoms with van der Waals surface area (Å²) in [5.41, 5.74) is 1.43. The molecule has 3 aromatic heterocycles. The summed E-state index contributed by atoms with van der Waals surface area (Å²) in [6.45, 7) is 2.05. The number of rotatable bonds is 9. The number of halogens is 5. The molecule has 0 aromatic carbocycles. The second kappa shape index (κ2) is 12.1. The number of hydrogen-bond acceptors (Lipinski definition) is 7. The summed E-state index contributed by atoms with van der Waals surface area (Å²) < 4.78 is 71.2. The predicted molar refractivity (Wildman–Crippen MR) is 143 cm³/mol. The van der Waals surface area contributed by atoms with Crippen molar-refractivity contribution in [2.75, 3.05) is 13.6 Å². The monoisotopic (exact) mass is 611 g/mol. The Kier molecular flexibility index (Phi) is 8.68. The number of aromatic nitrogens is 6. The van der Waals surface area contributed by atoms with Crippen molar-refractivity contribution in [1.82, 2.24) is 45.3 Å². The highest BCUT2D eigenvalue weighted by molar-refractivity contribution is 5.92. The minimum absolute atomic E-state index is 0.0647. The van der Waals surface area contributed by atoms with Crippen molar-refractivity contribution >= 4 is 17.6 Å². The molecule has 1 aliphatic carbocycles. The fourth-order valence-electron chi connectivity index (χ4n) is 5.90. The minimum atomic E-state index is -4.44. The fraction of sp³-hybridized carbons (Fsp3) is 0.630. The van der Waals surface area contributed by atoms with Gasteiger partial charge in [-0.25, -0.2) is 23.3 Å². The highest BCUT2D eigenvalue weighted by Gasteiger charge is 2.45. The van der Waals surface area contributed by atoms with E-state index in [1.54, 1.807) is 19.3 Å². The van der Waals surface area contributed by atoms with Crippen LogP contribution < -0.4 is 16.0 Å². The molecule has 4 heterocycles. The standard InChI is InChI=1S/C27H34F5N9O2/c1-3-40-21(6-9-35-40)24(43)38-22(15-4-7-26(28,29)8-5-15)20-14-41-25(37-20)36-19(13-33-2)18(39-41)11-16-10-17(27(30,31)32)12-34-23(16)42/h6,9,14-17,22,33H,3-5,7-8,10-13H2,1-2H3,(H,34,42)(H,38,43)/t16-,17-,22+/m1/s1. The van der Waals surface area contributed by atoms with Gasteiger partial charge in [-0.05, 0) is 45.2 Å². The van der Waals surface area contributed by atoms with Gasteiger partial charge < -0.3 is 16.0 Å². The SMILES string of the molecule is CCn1nccc1C(=O)N[C@H](c1cn2nc(C[C@H]3C[C@@H](C(F)(F)F)CNC3=O)c(CNC)nc2n1)C1CCC(F)(F)CC1. The van der Waals surface area contributed by atoms with Crippen LogP contribution in [0.5, 0.6) is 0 Å². The molecule has 2 fully saturated rings. The molecule has 0 unspecified atom stereocenters. The molecular weight excluding hydrogens is 577 g/mol. The maximum atomic E-state index is 14.0. The highest BCUT2D eigenvalue weighted by Crippen LogP contribution is 2.41. The van der Waals surface area contributed by atoms with E-state index in [9.17, 15) is 31.5 Å². The van der Waals surface area contributed by atoms with E-state index >= 15 is 0 Å². The second-order valence-electron chi connectivity index (χ2n) is 11.2. The molecule has 11 nitrogen and oxygen atoms in total. The van der Waals surface area contributed by atoms with Gasteiger partial charge in [-0.3, -0.25) is 14.3 Å². The maximum absolute atomic E-state index is 14.0. The van der Waals surface area contributed by atoms with Crippen molar-refractivity contribution in [3.63, 3.8) is 0 Å². The normalized spacial score (nSPS) is 22.0. The smallest absolute Gasteiger partial charge is 0.355 e. The van der Waals surface area contributed by atoms with E-state index in [0.717, 1.165) is 0 Å². The maximum Gasteiger partial charge on any atom is 0.393 e. The molecule has 0 spiro atoms. The summed E-state index contributed by atoms with van der Waals surface area (Å²) in [4.78, 5) is 35.0. The predicted octanol–water partition coefficient (Wildman–Crippen LogP) is 3.21. The van der Waals surface area contributed by atoms with Gasteiger partial charge in [0.05, 0.1) is 35.2 Å². The first-order valence-corrected chi connectivity index (χ1v) is 14.3. The molecule has 1 aliphatic heterocycles. The molecule has 2 aliphatic rings. The third kappa shape index (κ3) is 6.78. The number of nitrogens with one attached hydrogen (secondary N) is 3. The number of fused-ring (bicyclic) bond motifs is 1. The van der Waals surface area contributed by atoms with Crippen molar-refractivity contribution < 1.29 is 31.5 Å². The van der Waals surface area contributed by atoms with Crippen molar-refractivity contribution in [3.05, 3.63) is 41.2 Å². The van der Waals surface area contributed by atoms with Crippen LogP contribution in [0.4, 0.5) is 22.0 Å². The van der Waals surface area contributed by atoms with Crippen LogP contribution in [0, 0.1) is 17.8 Å². The first-order chi connectivity index (χ1) is 20.4. The molecule has 3 N–H and O–H groups in total. The molecule has 43 heavy (non-hydrogen) atoms. The van der Waals surface area contributed by atoms with Crippen LogP contribution >= 0.6 is 0 Å². The zero-order valence-corrected chi connectivity index (χ0v) is 23.8. The van der Waals surface area contributed by atoms with Crippen molar-refractivity contribution in [2.45, 2.75) is 76.7 Å². The van der Waals surface area contributed by atoms with Gasteiger partial charge in [-0.2, -0.15) is 23.4 Å². The lowest BCUT2D eigenvalue weighted by atomic mass is 9.81. The molecule has 0 bridgehead atoms. The van der Waals surface area contributed by atoms with E-state index in [1.165, 1.54) is 15.4 Å². The van der Waals surface area contributed by atoms with E-state index < -0.39 is 48.3 Å². The zero-order valence-electron chi connectivity index (χ0n) is 23.8. The molecule has 3 atom stereocenters. The molecule has 0 radical (unpaired) electrons. The number of nitrogens with zero attached hydrogens (tertiary/aromatic N) is 6. The lowest BCUT2D eigenvalue weighted by Crippen LogP contribution is -2.47. The molecule has 234 valence electrons. The lowest BCUT2D eigenvalue weighted by molar-refractivity contribution is -0.183. The number of amides is 2. The Labute approximate surface area is 244 Å². The number of imidazole rings is 1. The van der Waals surface area contributed by atoms with Crippen LogP contribution in [-0.4, -0.2) is 66.9 Å². The Morgan fingerprint density at radius 3 is 2.63 bits per heavy atom. The third-order valence-electron chi connectivity index (χ3n) is 8.28. The fourth-order valence-corrected chi connectivity index (χ4v) is 5.90. The molecule has 5 rings (SSSR count). The van der Waals surface area contributed by atoms with Gasteiger partial charge in [0, 0.05) is 51.0 Å². The van der Waals surface area contributed by atoms with E-state index in [0.29, 0.717) is 29.3 Å². The summed E-state index contributed by atoms with van der Waals surface area (Å²) in [6, 6.07) is 0.832. The van der Waals surface area contributed by atoms with Crippen molar-refractivity contribution in [3.8, 4) is 0 Å². The first-order valence-electron chi connectivity index (χ1n) is 14.3. The largest absolute Gasteiger partial charge is 0.393 e. The van der Waals surface area contributed by atoms with E-state index in [1.807, 2.05) is 6.92 Å². The van der Waals surface area contributed by atoms with Gasteiger partial charge in [0.15, 0.2) is 0 Å². The second-order valence-corrected chi connectivity index (χ2v) is 11.2. The van der Waals surface area contributed by atoms with Gasteiger partial charge in [0.1, 0.15) is 5.69 Å². The van der Waals surface area contributed by atoms with E-state index in [4.69, 9.17) is 0 Å². The van der Waals surface area contributed by atoms with Gasteiger partial charge in [0.2, 0.25) is 11.8 Å². The summed E-state index contributed by atoms with van der Waals surface area (Å²) >= 11 is 0. The van der Waals surface area contributed by atoms with Crippen LogP contribution in [0.3, 0.4) is 0 Å². The summed E-state index contributed by atoms with van der Waals surface area (Å²) in [5.74, 6) is -6.47. The van der Waals surface area contributed by atoms with Crippen LogP contribution in [-0.2, 0) is 24.3 Å². The van der Waals surface area contributed by atoms with Gasteiger partial charge in [-0.1, -0.05) is 0 Å². The van der Waals surface area contributed by atoms with Crippen LogP contribution in [0.2, 0.25) is 0 Å². The van der Waals surface area contributed by atoms with E-state index in [2.05, 4.69) is 36.1 Å². The topological polar surface area (TPSA) is 131 Å². The van der Waals surface area contributed by atoms with Crippen LogP contribution in [0.1, 0.15) is 72.6 Å². The number of carbonyl (C=O) groups excluding carboxylic acids is 2. The number of carbonyl (C=O) groups is 2. The Bertz CT molecular complexity index is 1460.